The van der Waals surface area contributed by atoms with Gasteiger partial charge in [-0.05, 0) is 37.6 Å². The van der Waals surface area contributed by atoms with Gasteiger partial charge in [-0.25, -0.2) is 12.7 Å². The molecular formula is C13H22N2O3S. The smallest absolute Gasteiger partial charge is 0.242 e. The molecule has 0 bridgehead atoms. The van der Waals surface area contributed by atoms with Crippen molar-refractivity contribution >= 4 is 15.7 Å². The van der Waals surface area contributed by atoms with Crippen LogP contribution in [0.4, 0.5) is 5.69 Å². The van der Waals surface area contributed by atoms with Crippen LogP contribution in [-0.2, 0) is 14.8 Å². The summed E-state index contributed by atoms with van der Waals surface area (Å²) in [5.74, 6) is 0. The maximum absolute atomic E-state index is 12.3. The van der Waals surface area contributed by atoms with Crippen LogP contribution < -0.4 is 5.32 Å². The summed E-state index contributed by atoms with van der Waals surface area (Å²) < 4.78 is 30.8. The summed E-state index contributed by atoms with van der Waals surface area (Å²) >= 11 is 0. The first-order valence-corrected chi connectivity index (χ1v) is 7.75. The third-order valence-corrected chi connectivity index (χ3v) is 4.64. The number of anilines is 1. The fourth-order valence-corrected chi connectivity index (χ4v) is 2.89. The van der Waals surface area contributed by atoms with Gasteiger partial charge in [-0.1, -0.05) is 0 Å². The topological polar surface area (TPSA) is 58.6 Å². The Labute approximate surface area is 115 Å². The normalized spacial score (nSPS) is 11.8. The van der Waals surface area contributed by atoms with Crippen LogP contribution in [0.2, 0.25) is 0 Å². The molecular weight excluding hydrogens is 264 g/mol. The first kappa shape index (κ1) is 15.9. The van der Waals surface area contributed by atoms with Crippen molar-refractivity contribution in [3.05, 3.63) is 24.3 Å². The van der Waals surface area contributed by atoms with E-state index >= 15 is 0 Å². The zero-order chi connectivity index (χ0) is 14.3. The summed E-state index contributed by atoms with van der Waals surface area (Å²) in [5, 5.41) is 3.13. The van der Waals surface area contributed by atoms with Crippen LogP contribution in [0.5, 0.6) is 0 Å². The van der Waals surface area contributed by atoms with Crippen molar-refractivity contribution in [1.29, 1.82) is 0 Å². The van der Waals surface area contributed by atoms with E-state index in [0.29, 0.717) is 24.5 Å². The van der Waals surface area contributed by atoms with Gasteiger partial charge in [-0.15, -0.1) is 0 Å². The van der Waals surface area contributed by atoms with E-state index in [1.54, 1.807) is 38.4 Å². The second-order valence-corrected chi connectivity index (χ2v) is 6.27. The highest BCUT2D eigenvalue weighted by molar-refractivity contribution is 7.89. The van der Waals surface area contributed by atoms with E-state index in [0.717, 1.165) is 12.2 Å². The zero-order valence-corrected chi connectivity index (χ0v) is 12.5. The van der Waals surface area contributed by atoms with Gasteiger partial charge >= 0.3 is 0 Å². The molecule has 0 spiro atoms. The molecule has 108 valence electrons. The molecule has 0 aromatic heterocycles. The minimum absolute atomic E-state index is 0.314. The fourth-order valence-electron chi connectivity index (χ4n) is 1.68. The Hall–Kier alpha value is -1.11. The van der Waals surface area contributed by atoms with Crippen LogP contribution in [-0.4, -0.2) is 46.6 Å². The maximum Gasteiger partial charge on any atom is 0.242 e. The maximum atomic E-state index is 12.3. The van der Waals surface area contributed by atoms with E-state index in [2.05, 4.69) is 5.32 Å². The van der Waals surface area contributed by atoms with Gasteiger partial charge in [-0.3, -0.25) is 0 Å². The predicted molar refractivity (Wildman–Crippen MR) is 76.9 cm³/mol. The summed E-state index contributed by atoms with van der Waals surface area (Å²) in [5.41, 5.74) is 0.920. The lowest BCUT2D eigenvalue weighted by Crippen LogP contribution is -2.28. The first-order chi connectivity index (χ1) is 9.02. The highest BCUT2D eigenvalue weighted by Gasteiger charge is 2.19. The molecule has 1 rings (SSSR count). The Kier molecular flexibility index (Phi) is 6.27. The highest BCUT2D eigenvalue weighted by atomic mass is 32.2. The molecule has 0 fully saturated rings. The minimum atomic E-state index is -3.40. The van der Waals surface area contributed by atoms with Gasteiger partial charge in [0.25, 0.3) is 0 Å². The van der Waals surface area contributed by atoms with Gasteiger partial charge < -0.3 is 10.1 Å². The standard InChI is InChI=1S/C13H22N2O3S/c1-4-14-12-6-8-13(9-7-12)19(16,17)15(2)10-5-11-18-3/h6-9,14H,4-5,10-11H2,1-3H3. The van der Waals surface area contributed by atoms with Crippen LogP contribution in [0.15, 0.2) is 29.2 Å². The van der Waals surface area contributed by atoms with E-state index in [9.17, 15) is 8.42 Å². The van der Waals surface area contributed by atoms with E-state index in [1.165, 1.54) is 4.31 Å². The molecule has 0 aliphatic heterocycles. The van der Waals surface area contributed by atoms with Crippen LogP contribution >= 0.6 is 0 Å². The van der Waals surface area contributed by atoms with Crippen LogP contribution in [0, 0.1) is 0 Å². The Morgan fingerprint density at radius 2 is 1.89 bits per heavy atom. The Bertz CT molecular complexity index is 471. The SMILES string of the molecule is CCNc1ccc(S(=O)(=O)N(C)CCCOC)cc1. The Morgan fingerprint density at radius 3 is 2.42 bits per heavy atom. The molecule has 1 aromatic carbocycles. The van der Waals surface area contributed by atoms with Crippen LogP contribution in [0.25, 0.3) is 0 Å². The lowest BCUT2D eigenvalue weighted by molar-refractivity contribution is 0.189. The summed E-state index contributed by atoms with van der Waals surface area (Å²) in [6.45, 7) is 3.81. The zero-order valence-electron chi connectivity index (χ0n) is 11.7. The second-order valence-electron chi connectivity index (χ2n) is 4.23. The molecule has 0 atom stereocenters. The molecule has 0 aliphatic rings. The molecule has 0 saturated heterocycles. The van der Waals surface area contributed by atoms with Gasteiger partial charge in [0.2, 0.25) is 10.0 Å². The Morgan fingerprint density at radius 1 is 1.26 bits per heavy atom. The quantitative estimate of drug-likeness (QED) is 0.740. The number of rotatable bonds is 8. The van der Waals surface area contributed by atoms with Crippen molar-refractivity contribution in [2.45, 2.75) is 18.2 Å². The number of benzene rings is 1. The number of hydrogen-bond donors (Lipinski definition) is 1. The van der Waals surface area contributed by atoms with Crippen LogP contribution in [0.3, 0.4) is 0 Å². The lowest BCUT2D eigenvalue weighted by Gasteiger charge is -2.17. The molecule has 6 heteroatoms. The summed E-state index contributed by atoms with van der Waals surface area (Å²) in [7, 11) is -0.210. The van der Waals surface area contributed by atoms with Crippen molar-refractivity contribution in [2.24, 2.45) is 0 Å². The van der Waals surface area contributed by atoms with Gasteiger partial charge in [0.15, 0.2) is 0 Å². The van der Waals surface area contributed by atoms with Crippen molar-refractivity contribution in [3.8, 4) is 0 Å². The lowest BCUT2D eigenvalue weighted by atomic mass is 10.3. The number of ether oxygens (including phenoxy) is 1. The summed E-state index contributed by atoms with van der Waals surface area (Å²) in [6, 6.07) is 6.80. The summed E-state index contributed by atoms with van der Waals surface area (Å²) in [6.07, 6.45) is 0.682. The molecule has 1 N–H and O–H groups in total. The fraction of sp³-hybridized carbons (Fsp3) is 0.538. The van der Waals surface area contributed by atoms with Crippen molar-refractivity contribution in [1.82, 2.24) is 4.31 Å². The third kappa shape index (κ3) is 4.49. The minimum Gasteiger partial charge on any atom is -0.385 e. The van der Waals surface area contributed by atoms with E-state index in [4.69, 9.17) is 4.74 Å². The first-order valence-electron chi connectivity index (χ1n) is 6.31. The third-order valence-electron chi connectivity index (χ3n) is 2.76. The Balaban J connectivity index is 2.75. The number of nitrogens with one attached hydrogen (secondary N) is 1. The van der Waals surface area contributed by atoms with Crippen molar-refractivity contribution in [2.75, 3.05) is 39.2 Å². The second kappa shape index (κ2) is 7.47. The van der Waals surface area contributed by atoms with E-state index < -0.39 is 10.0 Å². The number of nitrogens with zero attached hydrogens (tertiary/aromatic N) is 1. The average molecular weight is 286 g/mol. The molecule has 0 saturated carbocycles. The van der Waals surface area contributed by atoms with Gasteiger partial charge in [0, 0.05) is 39.5 Å². The number of sulfonamides is 1. The molecule has 0 aliphatic carbocycles. The van der Waals surface area contributed by atoms with E-state index in [-0.39, 0.29) is 0 Å². The van der Waals surface area contributed by atoms with Crippen molar-refractivity contribution in [3.63, 3.8) is 0 Å². The molecule has 0 amide bonds. The molecule has 0 heterocycles. The van der Waals surface area contributed by atoms with Gasteiger partial charge in [-0.2, -0.15) is 0 Å². The van der Waals surface area contributed by atoms with Crippen LogP contribution in [0.1, 0.15) is 13.3 Å². The average Bonchev–Trinajstić information content (AvgIpc) is 2.40. The summed E-state index contributed by atoms with van der Waals surface area (Å²) in [4.78, 5) is 0.314. The largest absolute Gasteiger partial charge is 0.385 e. The number of methoxy groups -OCH3 is 1. The molecule has 0 radical (unpaired) electrons. The van der Waals surface area contributed by atoms with Crippen molar-refractivity contribution < 1.29 is 13.2 Å². The van der Waals surface area contributed by atoms with E-state index in [1.807, 2.05) is 6.92 Å². The highest BCUT2D eigenvalue weighted by Crippen LogP contribution is 2.17. The molecule has 1 aromatic rings. The molecule has 0 unspecified atom stereocenters. The molecule has 19 heavy (non-hydrogen) atoms. The predicted octanol–water partition coefficient (Wildman–Crippen LogP) is 1.78. The monoisotopic (exact) mass is 286 g/mol. The number of hydrogen-bond acceptors (Lipinski definition) is 4. The van der Waals surface area contributed by atoms with Gasteiger partial charge in [0.1, 0.15) is 0 Å². The van der Waals surface area contributed by atoms with Gasteiger partial charge in [0.05, 0.1) is 4.90 Å². The molecule has 5 nitrogen and oxygen atoms in total.